The fraction of sp³-hybridized carbons (Fsp3) is 0.632. The summed E-state index contributed by atoms with van der Waals surface area (Å²) in [6.45, 7) is 5.14. The van der Waals surface area contributed by atoms with Crippen molar-refractivity contribution in [2.75, 3.05) is 58.4 Å². The zero-order chi connectivity index (χ0) is 18.4. The fourth-order valence-corrected chi connectivity index (χ4v) is 5.22. The molecule has 152 valence electrons. The summed E-state index contributed by atoms with van der Waals surface area (Å²) in [5.41, 5.74) is 1.11. The normalized spacial score (nSPS) is 23.7. The van der Waals surface area contributed by atoms with Crippen LogP contribution in [-0.4, -0.2) is 79.7 Å². The van der Waals surface area contributed by atoms with Gasteiger partial charge in [0.25, 0.3) is 0 Å². The summed E-state index contributed by atoms with van der Waals surface area (Å²) >= 11 is 2.03. The van der Waals surface area contributed by atoms with Gasteiger partial charge in [0.15, 0.2) is 5.96 Å². The molecule has 0 aromatic heterocycles. The van der Waals surface area contributed by atoms with Gasteiger partial charge in [-0.3, -0.25) is 9.89 Å². The van der Waals surface area contributed by atoms with Crippen molar-refractivity contribution in [1.82, 2.24) is 15.1 Å². The molecule has 0 radical (unpaired) electrons. The molecule has 2 aliphatic heterocycles. The van der Waals surface area contributed by atoms with Crippen LogP contribution in [0, 0.1) is 5.82 Å². The van der Waals surface area contributed by atoms with Crippen molar-refractivity contribution in [2.24, 2.45) is 4.99 Å². The second-order valence-corrected chi connectivity index (χ2v) is 8.12. The van der Waals surface area contributed by atoms with Gasteiger partial charge in [-0.2, -0.15) is 11.8 Å². The Morgan fingerprint density at radius 3 is 2.81 bits per heavy atom. The highest BCUT2D eigenvalue weighted by Crippen LogP contribution is 2.33. The third-order valence-corrected chi connectivity index (χ3v) is 6.46. The first-order valence-corrected chi connectivity index (χ1v) is 10.4. The van der Waals surface area contributed by atoms with Crippen LogP contribution < -0.4 is 5.32 Å². The summed E-state index contributed by atoms with van der Waals surface area (Å²) in [5, 5.41) is 3.57. The van der Waals surface area contributed by atoms with Gasteiger partial charge in [-0.25, -0.2) is 4.39 Å². The number of halogens is 2. The molecule has 27 heavy (non-hydrogen) atoms. The van der Waals surface area contributed by atoms with E-state index in [4.69, 9.17) is 4.74 Å². The molecule has 1 aromatic carbocycles. The SMILES string of the molecule is CN=C(NCC1(N2CCOCC2)CCSC1)N(C)Cc1cccc(F)c1.I. The number of aliphatic imine (C=N–C) groups is 1. The average molecular weight is 508 g/mol. The minimum Gasteiger partial charge on any atom is -0.379 e. The zero-order valence-corrected chi connectivity index (χ0v) is 19.3. The second-order valence-electron chi connectivity index (χ2n) is 7.01. The third kappa shape index (κ3) is 5.95. The summed E-state index contributed by atoms with van der Waals surface area (Å²) < 4.78 is 19.0. The van der Waals surface area contributed by atoms with E-state index in [0.717, 1.165) is 50.1 Å². The van der Waals surface area contributed by atoms with Gasteiger partial charge in [-0.15, -0.1) is 24.0 Å². The van der Waals surface area contributed by atoms with Crippen molar-refractivity contribution in [3.63, 3.8) is 0 Å². The molecule has 2 aliphatic rings. The van der Waals surface area contributed by atoms with Crippen molar-refractivity contribution in [1.29, 1.82) is 0 Å². The Hall–Kier alpha value is -0.580. The van der Waals surface area contributed by atoms with Crippen LogP contribution in [0.3, 0.4) is 0 Å². The van der Waals surface area contributed by atoms with Gasteiger partial charge >= 0.3 is 0 Å². The van der Waals surface area contributed by atoms with Crippen LogP contribution in [0.25, 0.3) is 0 Å². The Bertz CT molecular complexity index is 621. The summed E-state index contributed by atoms with van der Waals surface area (Å²) in [6, 6.07) is 6.74. The zero-order valence-electron chi connectivity index (χ0n) is 16.1. The third-order valence-electron chi connectivity index (χ3n) is 5.22. The molecule has 2 fully saturated rings. The minimum absolute atomic E-state index is 0. The highest BCUT2D eigenvalue weighted by molar-refractivity contribution is 14.0. The van der Waals surface area contributed by atoms with Crippen molar-refractivity contribution in [2.45, 2.75) is 18.5 Å². The molecule has 1 N–H and O–H groups in total. The molecular weight excluding hydrogens is 478 g/mol. The van der Waals surface area contributed by atoms with Crippen LogP contribution in [-0.2, 0) is 11.3 Å². The Kier molecular flexibility index (Phi) is 9.10. The first kappa shape index (κ1) is 22.7. The number of thioether (sulfide) groups is 1. The van der Waals surface area contributed by atoms with Gasteiger partial charge in [0.1, 0.15) is 5.82 Å². The van der Waals surface area contributed by atoms with E-state index < -0.39 is 0 Å². The Balaban J connectivity index is 0.00000261. The molecule has 0 saturated carbocycles. The standard InChI is InChI=1S/C19H29FN4OS.HI/c1-21-18(23(2)13-16-4-3-5-17(20)12-16)22-14-19(6-11-26-15-19)24-7-9-25-10-8-24;/h3-5,12H,6-11,13-15H2,1-2H3,(H,21,22);1H. The molecule has 1 unspecified atom stereocenters. The molecular formula is C19H30FIN4OS. The van der Waals surface area contributed by atoms with Gasteiger partial charge in [0.2, 0.25) is 0 Å². The summed E-state index contributed by atoms with van der Waals surface area (Å²) in [4.78, 5) is 9.06. The van der Waals surface area contributed by atoms with E-state index in [0.29, 0.717) is 6.54 Å². The molecule has 1 aromatic rings. The van der Waals surface area contributed by atoms with Gasteiger partial charge in [-0.1, -0.05) is 12.1 Å². The minimum atomic E-state index is -0.201. The van der Waals surface area contributed by atoms with Crippen LogP contribution in [0.2, 0.25) is 0 Å². The van der Waals surface area contributed by atoms with Gasteiger partial charge < -0.3 is 15.0 Å². The Morgan fingerprint density at radius 2 is 2.19 bits per heavy atom. The average Bonchev–Trinajstić information content (AvgIpc) is 3.13. The molecule has 0 amide bonds. The summed E-state index contributed by atoms with van der Waals surface area (Å²) in [6.07, 6.45) is 1.19. The van der Waals surface area contributed by atoms with Crippen LogP contribution in [0.1, 0.15) is 12.0 Å². The second kappa shape index (κ2) is 10.8. The van der Waals surface area contributed by atoms with E-state index in [1.165, 1.54) is 18.2 Å². The van der Waals surface area contributed by atoms with Crippen molar-refractivity contribution in [3.05, 3.63) is 35.6 Å². The number of nitrogens with zero attached hydrogens (tertiary/aromatic N) is 3. The number of benzene rings is 1. The summed E-state index contributed by atoms with van der Waals surface area (Å²) in [5.74, 6) is 2.99. The maximum atomic E-state index is 13.4. The number of nitrogens with one attached hydrogen (secondary N) is 1. The first-order chi connectivity index (χ1) is 12.6. The van der Waals surface area contributed by atoms with Crippen LogP contribution in [0.5, 0.6) is 0 Å². The van der Waals surface area contributed by atoms with Gasteiger partial charge in [0.05, 0.1) is 13.2 Å². The Labute approximate surface area is 183 Å². The molecule has 0 aliphatic carbocycles. The lowest BCUT2D eigenvalue weighted by Crippen LogP contribution is -2.60. The topological polar surface area (TPSA) is 40.1 Å². The molecule has 2 saturated heterocycles. The number of rotatable bonds is 5. The molecule has 0 bridgehead atoms. The lowest BCUT2D eigenvalue weighted by Gasteiger charge is -2.43. The van der Waals surface area contributed by atoms with Gasteiger partial charge in [-0.05, 0) is 29.9 Å². The maximum absolute atomic E-state index is 13.4. The van der Waals surface area contributed by atoms with E-state index in [2.05, 4.69) is 15.2 Å². The van der Waals surface area contributed by atoms with Gasteiger partial charge in [0, 0.05) is 51.6 Å². The number of ether oxygens (including phenoxy) is 1. The lowest BCUT2D eigenvalue weighted by molar-refractivity contribution is -0.0121. The van der Waals surface area contributed by atoms with E-state index in [9.17, 15) is 4.39 Å². The van der Waals surface area contributed by atoms with Crippen molar-refractivity contribution in [3.8, 4) is 0 Å². The van der Waals surface area contributed by atoms with Crippen LogP contribution in [0.4, 0.5) is 4.39 Å². The predicted molar refractivity (Wildman–Crippen MR) is 122 cm³/mol. The highest BCUT2D eigenvalue weighted by atomic mass is 127. The van der Waals surface area contributed by atoms with E-state index >= 15 is 0 Å². The predicted octanol–water partition coefficient (Wildman–Crippen LogP) is 2.66. The molecule has 0 spiro atoms. The van der Waals surface area contributed by atoms with Crippen LogP contribution >= 0.6 is 35.7 Å². The number of hydrogen-bond acceptors (Lipinski definition) is 4. The molecule has 1 atom stereocenters. The fourth-order valence-electron chi connectivity index (χ4n) is 3.75. The van der Waals surface area contributed by atoms with E-state index in [1.807, 2.05) is 29.8 Å². The number of hydrogen-bond donors (Lipinski definition) is 1. The number of guanidine groups is 1. The van der Waals surface area contributed by atoms with E-state index in [-0.39, 0.29) is 35.3 Å². The smallest absolute Gasteiger partial charge is 0.193 e. The molecule has 3 rings (SSSR count). The van der Waals surface area contributed by atoms with Crippen molar-refractivity contribution < 1.29 is 9.13 Å². The highest BCUT2D eigenvalue weighted by Gasteiger charge is 2.40. The maximum Gasteiger partial charge on any atom is 0.193 e. The van der Waals surface area contributed by atoms with E-state index in [1.54, 1.807) is 19.2 Å². The largest absolute Gasteiger partial charge is 0.379 e. The van der Waals surface area contributed by atoms with Crippen LogP contribution in [0.15, 0.2) is 29.3 Å². The summed E-state index contributed by atoms with van der Waals surface area (Å²) in [7, 11) is 3.79. The monoisotopic (exact) mass is 508 g/mol. The first-order valence-electron chi connectivity index (χ1n) is 9.20. The molecule has 8 heteroatoms. The van der Waals surface area contributed by atoms with Crippen molar-refractivity contribution >= 4 is 41.7 Å². The number of morpholine rings is 1. The lowest BCUT2D eigenvalue weighted by atomic mass is 9.95. The Morgan fingerprint density at radius 1 is 1.41 bits per heavy atom. The molecule has 5 nitrogen and oxygen atoms in total. The quantitative estimate of drug-likeness (QED) is 0.377. The molecule has 2 heterocycles.